The lowest BCUT2D eigenvalue weighted by Crippen LogP contribution is -2.34. The van der Waals surface area contributed by atoms with Gasteiger partial charge in [0.25, 0.3) is 5.91 Å². The van der Waals surface area contributed by atoms with Crippen molar-refractivity contribution >= 4 is 34.6 Å². The fourth-order valence-electron chi connectivity index (χ4n) is 1.73. The number of methoxy groups -OCH3 is 1. The molecular weight excluding hydrogens is 278 g/mol. The third kappa shape index (κ3) is 3.58. The Balaban J connectivity index is 1.99. The van der Waals surface area contributed by atoms with Gasteiger partial charge in [-0.05, 0) is 37.3 Å². The molecule has 0 saturated heterocycles. The number of rotatable bonds is 4. The van der Waals surface area contributed by atoms with E-state index in [1.165, 1.54) is 0 Å². The maximum absolute atomic E-state index is 11.6. The summed E-state index contributed by atoms with van der Waals surface area (Å²) in [4.78, 5) is 11.6. The number of ether oxygens (including phenoxy) is 2. The number of carbonyl (C=O) groups excluding carboxylic acids is 1. The van der Waals surface area contributed by atoms with E-state index in [2.05, 4.69) is 16.0 Å². The van der Waals surface area contributed by atoms with Crippen LogP contribution in [0.2, 0.25) is 0 Å². The molecule has 0 aromatic heterocycles. The van der Waals surface area contributed by atoms with Gasteiger partial charge in [-0.1, -0.05) is 0 Å². The summed E-state index contributed by atoms with van der Waals surface area (Å²) in [5, 5.41) is 9.33. The SMILES string of the molecule is COCCNC(=S)Nc1ccc2c(c1)NC(=O)[C@H](C)O2. The molecule has 3 N–H and O–H groups in total. The monoisotopic (exact) mass is 295 g/mol. The Hall–Kier alpha value is -1.86. The second kappa shape index (κ2) is 6.53. The molecule has 2 rings (SSSR count). The lowest BCUT2D eigenvalue weighted by Gasteiger charge is -2.23. The second-order valence-electron chi connectivity index (χ2n) is 4.33. The zero-order valence-electron chi connectivity index (χ0n) is 11.4. The maximum atomic E-state index is 11.6. The van der Waals surface area contributed by atoms with Crippen LogP contribution in [0.1, 0.15) is 6.92 Å². The standard InChI is InChI=1S/C13H17N3O3S/c1-8-12(17)16-10-7-9(3-4-11(10)19-8)15-13(20)14-5-6-18-2/h3-4,7-8H,5-6H2,1-2H3,(H,16,17)(H2,14,15,20)/t8-/m0/s1. The van der Waals surface area contributed by atoms with Crippen molar-refractivity contribution in [3.8, 4) is 5.75 Å². The van der Waals surface area contributed by atoms with Crippen LogP contribution in [0.5, 0.6) is 5.75 Å². The van der Waals surface area contributed by atoms with E-state index in [4.69, 9.17) is 21.7 Å². The van der Waals surface area contributed by atoms with Gasteiger partial charge in [0.2, 0.25) is 0 Å². The van der Waals surface area contributed by atoms with Gasteiger partial charge in [0, 0.05) is 19.3 Å². The highest BCUT2D eigenvalue weighted by Gasteiger charge is 2.23. The highest BCUT2D eigenvalue weighted by molar-refractivity contribution is 7.80. The average molecular weight is 295 g/mol. The lowest BCUT2D eigenvalue weighted by atomic mass is 10.2. The Bertz CT molecular complexity index is 522. The summed E-state index contributed by atoms with van der Waals surface area (Å²) in [6.45, 7) is 2.91. The number of hydrogen-bond acceptors (Lipinski definition) is 4. The van der Waals surface area contributed by atoms with Gasteiger partial charge in [0.15, 0.2) is 11.2 Å². The molecule has 0 radical (unpaired) electrons. The van der Waals surface area contributed by atoms with Crippen LogP contribution in [0.3, 0.4) is 0 Å². The van der Waals surface area contributed by atoms with Crippen molar-refractivity contribution in [3.05, 3.63) is 18.2 Å². The molecule has 0 unspecified atom stereocenters. The number of benzene rings is 1. The topological polar surface area (TPSA) is 71.6 Å². The predicted octanol–water partition coefficient (Wildman–Crippen LogP) is 1.34. The van der Waals surface area contributed by atoms with Crippen LogP contribution < -0.4 is 20.7 Å². The van der Waals surface area contributed by atoms with Gasteiger partial charge >= 0.3 is 0 Å². The molecule has 1 aromatic carbocycles. The normalized spacial score (nSPS) is 16.7. The molecule has 1 atom stereocenters. The van der Waals surface area contributed by atoms with Crippen LogP contribution in [0.25, 0.3) is 0 Å². The molecule has 6 nitrogen and oxygen atoms in total. The van der Waals surface area contributed by atoms with Crippen molar-refractivity contribution in [2.24, 2.45) is 0 Å². The zero-order valence-corrected chi connectivity index (χ0v) is 12.2. The van der Waals surface area contributed by atoms with Crippen molar-refractivity contribution in [1.29, 1.82) is 0 Å². The summed E-state index contributed by atoms with van der Waals surface area (Å²) in [6.07, 6.45) is -0.474. The van der Waals surface area contributed by atoms with Gasteiger partial charge in [-0.2, -0.15) is 0 Å². The van der Waals surface area contributed by atoms with E-state index < -0.39 is 6.10 Å². The number of hydrogen-bond donors (Lipinski definition) is 3. The van der Waals surface area contributed by atoms with Crippen LogP contribution in [-0.4, -0.2) is 37.4 Å². The van der Waals surface area contributed by atoms with Gasteiger partial charge in [-0.25, -0.2) is 0 Å². The first-order valence-corrected chi connectivity index (χ1v) is 6.66. The minimum Gasteiger partial charge on any atom is -0.479 e. The molecule has 20 heavy (non-hydrogen) atoms. The summed E-state index contributed by atoms with van der Waals surface area (Å²) in [7, 11) is 1.63. The van der Waals surface area contributed by atoms with Crippen molar-refractivity contribution in [1.82, 2.24) is 5.32 Å². The van der Waals surface area contributed by atoms with Gasteiger partial charge in [-0.15, -0.1) is 0 Å². The van der Waals surface area contributed by atoms with Crippen LogP contribution in [0.15, 0.2) is 18.2 Å². The van der Waals surface area contributed by atoms with E-state index in [-0.39, 0.29) is 5.91 Å². The van der Waals surface area contributed by atoms with Crippen molar-refractivity contribution in [2.75, 3.05) is 30.9 Å². The largest absolute Gasteiger partial charge is 0.479 e. The molecule has 1 amide bonds. The molecule has 1 heterocycles. The van der Waals surface area contributed by atoms with E-state index in [1.807, 2.05) is 6.07 Å². The van der Waals surface area contributed by atoms with Crippen LogP contribution in [0, 0.1) is 0 Å². The van der Waals surface area contributed by atoms with E-state index in [0.29, 0.717) is 29.7 Å². The van der Waals surface area contributed by atoms with Crippen molar-refractivity contribution in [2.45, 2.75) is 13.0 Å². The molecule has 1 aromatic rings. The number of thiocarbonyl (C=S) groups is 1. The highest BCUT2D eigenvalue weighted by atomic mass is 32.1. The number of nitrogens with one attached hydrogen (secondary N) is 3. The Morgan fingerprint density at radius 3 is 3.10 bits per heavy atom. The summed E-state index contributed by atoms with van der Waals surface area (Å²) in [6, 6.07) is 5.42. The number of fused-ring (bicyclic) bond motifs is 1. The van der Waals surface area contributed by atoms with Crippen LogP contribution >= 0.6 is 12.2 Å². The summed E-state index contributed by atoms with van der Waals surface area (Å²) < 4.78 is 10.4. The van der Waals surface area contributed by atoms with Gasteiger partial charge in [0.05, 0.1) is 12.3 Å². The minimum atomic E-state index is -0.474. The Morgan fingerprint density at radius 1 is 1.55 bits per heavy atom. The summed E-state index contributed by atoms with van der Waals surface area (Å²) in [5.74, 6) is 0.497. The summed E-state index contributed by atoms with van der Waals surface area (Å²) in [5.41, 5.74) is 1.41. The van der Waals surface area contributed by atoms with Gasteiger partial charge in [-0.3, -0.25) is 4.79 Å². The molecule has 0 fully saturated rings. The predicted molar refractivity (Wildman–Crippen MR) is 81.3 cm³/mol. The number of amides is 1. The van der Waals surface area contributed by atoms with E-state index in [1.54, 1.807) is 26.2 Å². The number of anilines is 2. The van der Waals surface area contributed by atoms with E-state index >= 15 is 0 Å². The Kier molecular flexibility index (Phi) is 4.75. The molecule has 108 valence electrons. The van der Waals surface area contributed by atoms with Gasteiger partial charge in [0.1, 0.15) is 5.75 Å². The minimum absolute atomic E-state index is 0.157. The highest BCUT2D eigenvalue weighted by Crippen LogP contribution is 2.32. The first kappa shape index (κ1) is 14.5. The number of carbonyl (C=O) groups is 1. The molecule has 0 bridgehead atoms. The molecule has 7 heteroatoms. The molecule has 0 spiro atoms. The first-order valence-electron chi connectivity index (χ1n) is 6.25. The molecule has 1 aliphatic heterocycles. The third-order valence-corrected chi connectivity index (χ3v) is 3.01. The fourth-order valence-corrected chi connectivity index (χ4v) is 1.95. The molecule has 0 aliphatic carbocycles. The average Bonchev–Trinajstić information content (AvgIpc) is 2.41. The van der Waals surface area contributed by atoms with Crippen molar-refractivity contribution in [3.63, 3.8) is 0 Å². The zero-order chi connectivity index (χ0) is 14.5. The first-order chi connectivity index (χ1) is 9.60. The Morgan fingerprint density at radius 2 is 2.35 bits per heavy atom. The second-order valence-corrected chi connectivity index (χ2v) is 4.74. The summed E-state index contributed by atoms with van der Waals surface area (Å²) >= 11 is 5.15. The third-order valence-electron chi connectivity index (χ3n) is 2.76. The smallest absolute Gasteiger partial charge is 0.265 e. The Labute approximate surface area is 122 Å². The maximum Gasteiger partial charge on any atom is 0.265 e. The van der Waals surface area contributed by atoms with Crippen LogP contribution in [0.4, 0.5) is 11.4 Å². The van der Waals surface area contributed by atoms with E-state index in [0.717, 1.165) is 5.69 Å². The molecule has 1 aliphatic rings. The van der Waals surface area contributed by atoms with Crippen LogP contribution in [-0.2, 0) is 9.53 Å². The van der Waals surface area contributed by atoms with Gasteiger partial charge < -0.3 is 25.4 Å². The molecule has 0 saturated carbocycles. The molecular formula is C13H17N3O3S. The van der Waals surface area contributed by atoms with E-state index in [9.17, 15) is 4.79 Å². The quantitative estimate of drug-likeness (QED) is 0.575. The lowest BCUT2D eigenvalue weighted by molar-refractivity contribution is -0.122. The fraction of sp³-hybridized carbons (Fsp3) is 0.385. The van der Waals surface area contributed by atoms with Crippen molar-refractivity contribution < 1.29 is 14.3 Å².